The zero-order valence-electron chi connectivity index (χ0n) is 18.0. The van der Waals surface area contributed by atoms with Crippen LogP contribution in [0.15, 0.2) is 24.3 Å². The molecule has 0 atom stereocenters. The minimum atomic E-state index is -2.36. The van der Waals surface area contributed by atoms with Gasteiger partial charge in [-0.2, -0.15) is 0 Å². The van der Waals surface area contributed by atoms with Crippen molar-refractivity contribution in [3.8, 4) is 5.75 Å². The number of carbonyl (C=O) groups excluding carboxylic acids is 1. The maximum absolute atomic E-state index is 11.6. The van der Waals surface area contributed by atoms with Gasteiger partial charge in [0.05, 0.1) is 0 Å². The second-order valence-corrected chi connectivity index (χ2v) is 20.9. The van der Waals surface area contributed by atoms with Crippen molar-refractivity contribution in [2.75, 3.05) is 13.2 Å². The molecule has 4 heteroatoms. The summed E-state index contributed by atoms with van der Waals surface area (Å²) in [6.45, 7) is 9.38. The van der Waals surface area contributed by atoms with Crippen molar-refractivity contribution in [2.45, 2.75) is 86.0 Å². The summed E-state index contributed by atoms with van der Waals surface area (Å²) in [7, 11) is 0. The van der Waals surface area contributed by atoms with Crippen LogP contribution in [0.1, 0.15) is 72.6 Å². The molecule has 0 radical (unpaired) electrons. The van der Waals surface area contributed by atoms with E-state index in [1.54, 1.807) is 3.58 Å². The normalized spacial score (nSPS) is 11.4. The van der Waals surface area contributed by atoms with Crippen molar-refractivity contribution in [2.24, 2.45) is 0 Å². The summed E-state index contributed by atoms with van der Waals surface area (Å²) in [5.74, 6) is 0.483. The van der Waals surface area contributed by atoms with Crippen molar-refractivity contribution < 1.29 is 14.3 Å². The SMILES string of the molecule is CCC[CH2][Sn]([CH2]CCC)([CH2]CCC)[c]1ccc(OCC(=O)OCCC)cc1. The zero-order valence-corrected chi connectivity index (χ0v) is 20.9. The van der Waals surface area contributed by atoms with E-state index in [-0.39, 0.29) is 12.6 Å². The van der Waals surface area contributed by atoms with E-state index in [0.717, 1.165) is 12.2 Å². The summed E-state index contributed by atoms with van der Waals surface area (Å²) >= 11 is -2.36. The summed E-state index contributed by atoms with van der Waals surface area (Å²) in [5, 5.41) is 0. The number of unbranched alkanes of at least 4 members (excludes halogenated alkanes) is 3. The van der Waals surface area contributed by atoms with Crippen LogP contribution >= 0.6 is 0 Å². The molecule has 0 aliphatic heterocycles. The average molecular weight is 483 g/mol. The first-order valence-electron chi connectivity index (χ1n) is 11.0. The number of esters is 1. The third-order valence-electron chi connectivity index (χ3n) is 5.32. The molecule has 0 aliphatic rings. The molecule has 0 fully saturated rings. The topological polar surface area (TPSA) is 35.5 Å². The molecule has 0 unspecified atom stereocenters. The van der Waals surface area contributed by atoms with Crippen LogP contribution < -0.4 is 8.32 Å². The van der Waals surface area contributed by atoms with Gasteiger partial charge in [-0.15, -0.1) is 0 Å². The van der Waals surface area contributed by atoms with Gasteiger partial charge in [-0.1, -0.05) is 0 Å². The average Bonchev–Trinajstić information content (AvgIpc) is 2.71. The van der Waals surface area contributed by atoms with Gasteiger partial charge in [-0.25, -0.2) is 0 Å². The van der Waals surface area contributed by atoms with E-state index in [0.29, 0.717) is 6.61 Å². The van der Waals surface area contributed by atoms with E-state index in [1.807, 2.05) is 6.92 Å². The molecule has 0 aliphatic carbocycles. The Balaban J connectivity index is 2.86. The predicted octanol–water partition coefficient (Wildman–Crippen LogP) is 6.07. The first kappa shape index (κ1) is 24.3. The summed E-state index contributed by atoms with van der Waals surface area (Å²) < 4.78 is 16.7. The fourth-order valence-corrected chi connectivity index (χ4v) is 19.6. The van der Waals surface area contributed by atoms with Crippen LogP contribution in [0.2, 0.25) is 13.3 Å². The quantitative estimate of drug-likeness (QED) is 0.224. The number of hydrogen-bond donors (Lipinski definition) is 0. The molecule has 0 aromatic heterocycles. The zero-order chi connectivity index (χ0) is 20.0. The molecule has 0 saturated heterocycles. The van der Waals surface area contributed by atoms with Gasteiger partial charge in [0.15, 0.2) is 0 Å². The first-order chi connectivity index (χ1) is 13.1. The molecule has 0 amide bonds. The Hall–Kier alpha value is -0.711. The minimum absolute atomic E-state index is 0.00469. The van der Waals surface area contributed by atoms with E-state index in [1.165, 1.54) is 51.8 Å². The summed E-state index contributed by atoms with van der Waals surface area (Å²) in [5.41, 5.74) is 0. The Morgan fingerprint density at radius 1 is 0.815 bits per heavy atom. The third kappa shape index (κ3) is 8.89. The molecule has 3 nitrogen and oxygen atoms in total. The van der Waals surface area contributed by atoms with E-state index >= 15 is 0 Å². The molecule has 0 saturated carbocycles. The molecule has 27 heavy (non-hydrogen) atoms. The molecule has 1 rings (SSSR count). The molecule has 0 spiro atoms. The van der Waals surface area contributed by atoms with Gasteiger partial charge >= 0.3 is 171 Å². The third-order valence-corrected chi connectivity index (χ3v) is 21.0. The van der Waals surface area contributed by atoms with E-state index < -0.39 is 18.4 Å². The molecule has 154 valence electrons. The number of benzene rings is 1. The van der Waals surface area contributed by atoms with Gasteiger partial charge in [0.2, 0.25) is 0 Å². The standard InChI is InChI=1S/C11H13O3.3C4H9.Sn/c1-2-8-13-11(12)9-14-10-6-4-3-5-7-10;3*1-3-4-2;/h4-7H,2,8-9H2,1H3;3*1,3-4H2,2H3;. The Bertz CT molecular complexity index is 491. The van der Waals surface area contributed by atoms with Crippen molar-refractivity contribution in [1.82, 2.24) is 0 Å². The monoisotopic (exact) mass is 484 g/mol. The second kappa shape index (κ2) is 14.3. The van der Waals surface area contributed by atoms with Crippen LogP contribution in [0.25, 0.3) is 0 Å². The first-order valence-corrected chi connectivity index (χ1v) is 18.5. The molecular weight excluding hydrogens is 443 g/mol. The van der Waals surface area contributed by atoms with Crippen molar-refractivity contribution in [3.05, 3.63) is 24.3 Å². The summed E-state index contributed by atoms with van der Waals surface area (Å²) in [4.78, 5) is 11.6. The second-order valence-electron chi connectivity index (χ2n) is 7.62. The Morgan fingerprint density at radius 3 is 1.78 bits per heavy atom. The van der Waals surface area contributed by atoms with Gasteiger partial charge in [0.1, 0.15) is 0 Å². The maximum atomic E-state index is 11.6. The predicted molar refractivity (Wildman–Crippen MR) is 118 cm³/mol. The van der Waals surface area contributed by atoms with Crippen molar-refractivity contribution >= 4 is 27.9 Å². The molecule has 0 heterocycles. The van der Waals surface area contributed by atoms with Crippen LogP contribution in [0.5, 0.6) is 5.75 Å². The molecule has 0 bridgehead atoms. The van der Waals surface area contributed by atoms with Crippen LogP contribution in [0.3, 0.4) is 0 Å². The van der Waals surface area contributed by atoms with Gasteiger partial charge in [0.25, 0.3) is 0 Å². The van der Waals surface area contributed by atoms with Gasteiger partial charge in [-0.05, 0) is 0 Å². The fraction of sp³-hybridized carbons (Fsp3) is 0.696. The number of ether oxygens (including phenoxy) is 2. The number of carbonyl (C=O) groups is 1. The van der Waals surface area contributed by atoms with Gasteiger partial charge < -0.3 is 0 Å². The number of rotatable bonds is 15. The van der Waals surface area contributed by atoms with Crippen LogP contribution in [0, 0.1) is 0 Å². The Kier molecular flexibility index (Phi) is 12.9. The van der Waals surface area contributed by atoms with Gasteiger partial charge in [-0.3, -0.25) is 0 Å². The molecule has 1 aromatic carbocycles. The van der Waals surface area contributed by atoms with Crippen LogP contribution in [-0.2, 0) is 9.53 Å². The summed E-state index contributed by atoms with van der Waals surface area (Å²) in [6, 6.07) is 8.75. The van der Waals surface area contributed by atoms with E-state index in [2.05, 4.69) is 45.0 Å². The van der Waals surface area contributed by atoms with Crippen molar-refractivity contribution in [3.63, 3.8) is 0 Å². The molecular formula is C23H40O3Sn. The van der Waals surface area contributed by atoms with Gasteiger partial charge in [0, 0.05) is 0 Å². The summed E-state index contributed by atoms with van der Waals surface area (Å²) in [6.07, 6.45) is 8.80. The van der Waals surface area contributed by atoms with Crippen LogP contribution in [0.4, 0.5) is 0 Å². The Labute approximate surface area is 171 Å². The van der Waals surface area contributed by atoms with Crippen molar-refractivity contribution in [1.29, 1.82) is 0 Å². The van der Waals surface area contributed by atoms with E-state index in [4.69, 9.17) is 9.47 Å². The fourth-order valence-electron chi connectivity index (χ4n) is 3.66. The molecule has 0 N–H and O–H groups in total. The van der Waals surface area contributed by atoms with E-state index in [9.17, 15) is 4.79 Å². The number of hydrogen-bond acceptors (Lipinski definition) is 3. The molecule has 1 aromatic rings. The Morgan fingerprint density at radius 2 is 1.33 bits per heavy atom. The van der Waals surface area contributed by atoms with Crippen LogP contribution in [-0.4, -0.2) is 37.6 Å².